The molecule has 0 aromatic heterocycles. The number of nitrogens with zero attached hydrogens (tertiary/aromatic N) is 2. The second-order valence-electron chi connectivity index (χ2n) is 9.69. The summed E-state index contributed by atoms with van der Waals surface area (Å²) in [5.41, 5.74) is 3.55. The fourth-order valence-corrected chi connectivity index (χ4v) is 5.01. The molecule has 4 rings (SSSR count). The number of benzene rings is 2. The Hall–Kier alpha value is -2.40. The average Bonchev–Trinajstić information content (AvgIpc) is 2.81. The van der Waals surface area contributed by atoms with Gasteiger partial charge in [-0.1, -0.05) is 31.2 Å². The van der Waals surface area contributed by atoms with E-state index in [9.17, 15) is 9.18 Å². The van der Waals surface area contributed by atoms with Crippen molar-refractivity contribution in [2.75, 3.05) is 31.1 Å². The molecule has 2 heterocycles. The molecule has 1 amide bonds. The van der Waals surface area contributed by atoms with E-state index in [4.69, 9.17) is 0 Å². The zero-order valence-corrected chi connectivity index (χ0v) is 19.4. The maximum Gasteiger partial charge on any atom is 0.223 e. The first-order valence-electron chi connectivity index (χ1n) is 12.1. The molecule has 0 radical (unpaired) electrons. The second kappa shape index (κ2) is 10.5. The van der Waals surface area contributed by atoms with E-state index in [1.54, 1.807) is 0 Å². The van der Waals surface area contributed by atoms with Crippen LogP contribution in [0.1, 0.15) is 56.7 Å². The van der Waals surface area contributed by atoms with E-state index in [2.05, 4.69) is 53.2 Å². The van der Waals surface area contributed by atoms with Crippen molar-refractivity contribution in [3.63, 3.8) is 0 Å². The number of halogens is 1. The number of hydrogen-bond acceptors (Lipinski definition) is 3. The Labute approximate surface area is 191 Å². The van der Waals surface area contributed by atoms with E-state index < -0.39 is 0 Å². The Morgan fingerprint density at radius 2 is 1.72 bits per heavy atom. The fraction of sp³-hybridized carbons (Fsp3) is 0.519. The molecule has 2 aromatic rings. The molecule has 2 aliphatic heterocycles. The number of nitrogens with one attached hydrogen (secondary N) is 1. The van der Waals surface area contributed by atoms with Gasteiger partial charge in [0.25, 0.3) is 0 Å². The van der Waals surface area contributed by atoms with Gasteiger partial charge in [-0.3, -0.25) is 9.69 Å². The number of carbonyl (C=O) groups excluding carboxylic acids is 1. The summed E-state index contributed by atoms with van der Waals surface area (Å²) in [5, 5.41) is 3.23. The molecule has 2 fully saturated rings. The molecular weight excluding hydrogens is 401 g/mol. The highest BCUT2D eigenvalue weighted by molar-refractivity contribution is 5.79. The summed E-state index contributed by atoms with van der Waals surface area (Å²) < 4.78 is 13.1. The van der Waals surface area contributed by atoms with Gasteiger partial charge in [0.2, 0.25) is 5.91 Å². The molecule has 4 nitrogen and oxygen atoms in total. The van der Waals surface area contributed by atoms with Gasteiger partial charge in [0.05, 0.1) is 6.04 Å². The number of amides is 1. The van der Waals surface area contributed by atoms with Crippen LogP contribution < -0.4 is 10.2 Å². The van der Waals surface area contributed by atoms with Crippen molar-refractivity contribution in [3.05, 3.63) is 65.5 Å². The zero-order valence-electron chi connectivity index (χ0n) is 19.4. The van der Waals surface area contributed by atoms with Gasteiger partial charge in [-0.25, -0.2) is 4.39 Å². The van der Waals surface area contributed by atoms with E-state index in [0.29, 0.717) is 0 Å². The maximum atomic E-state index is 13.1. The lowest BCUT2D eigenvalue weighted by molar-refractivity contribution is -0.127. The number of rotatable bonds is 6. The van der Waals surface area contributed by atoms with Crippen LogP contribution in [0, 0.1) is 17.7 Å². The minimum atomic E-state index is -0.200. The minimum Gasteiger partial charge on any atom is -0.371 e. The Morgan fingerprint density at radius 1 is 1.03 bits per heavy atom. The van der Waals surface area contributed by atoms with Crippen LogP contribution >= 0.6 is 0 Å². The van der Waals surface area contributed by atoms with Crippen LogP contribution in [0.3, 0.4) is 0 Å². The van der Waals surface area contributed by atoms with Crippen molar-refractivity contribution in [1.29, 1.82) is 0 Å². The quantitative estimate of drug-likeness (QED) is 0.679. The molecule has 2 saturated heterocycles. The summed E-state index contributed by atoms with van der Waals surface area (Å²) in [6, 6.07) is 15.4. The highest BCUT2D eigenvalue weighted by Gasteiger charge is 2.26. The van der Waals surface area contributed by atoms with Crippen molar-refractivity contribution < 1.29 is 9.18 Å². The normalized spacial score (nSPS) is 21.3. The van der Waals surface area contributed by atoms with Crippen molar-refractivity contribution in [2.24, 2.45) is 11.8 Å². The smallest absolute Gasteiger partial charge is 0.223 e. The van der Waals surface area contributed by atoms with Gasteiger partial charge in [0.15, 0.2) is 0 Å². The van der Waals surface area contributed by atoms with Gasteiger partial charge in [0, 0.05) is 31.2 Å². The van der Waals surface area contributed by atoms with Gasteiger partial charge >= 0.3 is 0 Å². The third-order valence-corrected chi connectivity index (χ3v) is 7.05. The van der Waals surface area contributed by atoms with Crippen LogP contribution in [0.5, 0.6) is 0 Å². The first-order valence-corrected chi connectivity index (χ1v) is 12.1. The highest BCUT2D eigenvalue weighted by atomic mass is 19.1. The van der Waals surface area contributed by atoms with E-state index in [1.807, 2.05) is 12.1 Å². The standard InChI is InChI=1S/C27H36FN3O/c1-20-4-3-15-31(18-20)26-11-7-23(8-12-26)21(2)29-27(32)24-13-16-30(17-14-24)19-22-5-9-25(28)10-6-22/h5-12,20-21,24H,3-4,13-19H2,1-2H3,(H,29,32)/t20-,21-/m0/s1. The molecule has 0 aliphatic carbocycles. The third-order valence-electron chi connectivity index (χ3n) is 7.05. The van der Waals surface area contributed by atoms with Crippen LogP contribution in [-0.4, -0.2) is 37.0 Å². The molecule has 1 N–H and O–H groups in total. The molecule has 5 heteroatoms. The third kappa shape index (κ3) is 5.89. The van der Waals surface area contributed by atoms with Crippen molar-refractivity contribution in [1.82, 2.24) is 10.2 Å². The van der Waals surface area contributed by atoms with Crippen molar-refractivity contribution in [2.45, 2.75) is 52.1 Å². The van der Waals surface area contributed by atoms with Crippen LogP contribution in [-0.2, 0) is 11.3 Å². The Bertz CT molecular complexity index is 875. The number of hydrogen-bond donors (Lipinski definition) is 1. The summed E-state index contributed by atoms with van der Waals surface area (Å²) in [6.45, 7) is 9.26. The molecule has 0 unspecified atom stereocenters. The summed E-state index contributed by atoms with van der Waals surface area (Å²) in [4.78, 5) is 17.7. The van der Waals surface area contributed by atoms with Crippen LogP contribution in [0.25, 0.3) is 0 Å². The summed E-state index contributed by atoms with van der Waals surface area (Å²) in [7, 11) is 0. The fourth-order valence-electron chi connectivity index (χ4n) is 5.01. The molecule has 2 atom stereocenters. The lowest BCUT2D eigenvalue weighted by Crippen LogP contribution is -2.40. The van der Waals surface area contributed by atoms with Crippen LogP contribution in [0.2, 0.25) is 0 Å². The first-order chi connectivity index (χ1) is 15.5. The van der Waals surface area contributed by atoms with Gasteiger partial charge in [-0.05, 0) is 87.0 Å². The summed E-state index contributed by atoms with van der Waals surface area (Å²) >= 11 is 0. The highest BCUT2D eigenvalue weighted by Crippen LogP contribution is 2.25. The molecule has 2 aliphatic rings. The van der Waals surface area contributed by atoms with Crippen molar-refractivity contribution in [3.8, 4) is 0 Å². The summed E-state index contributed by atoms with van der Waals surface area (Å²) in [5.74, 6) is 0.779. The molecular formula is C27H36FN3O. The van der Waals surface area contributed by atoms with Gasteiger partial charge in [0.1, 0.15) is 5.82 Å². The van der Waals surface area contributed by atoms with Crippen molar-refractivity contribution >= 4 is 11.6 Å². The molecule has 0 spiro atoms. The first kappa shape index (κ1) is 22.8. The monoisotopic (exact) mass is 437 g/mol. The van der Waals surface area contributed by atoms with E-state index in [1.165, 1.54) is 30.7 Å². The summed E-state index contributed by atoms with van der Waals surface area (Å²) in [6.07, 6.45) is 4.32. The van der Waals surface area contributed by atoms with Gasteiger partial charge < -0.3 is 10.2 Å². The Morgan fingerprint density at radius 3 is 2.38 bits per heavy atom. The number of carbonyl (C=O) groups is 1. The Balaban J connectivity index is 1.24. The van der Waals surface area contributed by atoms with Gasteiger partial charge in [-0.2, -0.15) is 0 Å². The van der Waals surface area contributed by atoms with Crippen LogP contribution in [0.15, 0.2) is 48.5 Å². The molecule has 2 aromatic carbocycles. The second-order valence-corrected chi connectivity index (χ2v) is 9.69. The SMILES string of the molecule is C[C@H]1CCCN(c2ccc([C@H](C)NC(=O)C3CCN(Cc4ccc(F)cc4)CC3)cc2)C1. The van der Waals surface area contributed by atoms with E-state index >= 15 is 0 Å². The molecule has 0 bridgehead atoms. The van der Waals surface area contributed by atoms with E-state index in [-0.39, 0.29) is 23.7 Å². The predicted molar refractivity (Wildman–Crippen MR) is 128 cm³/mol. The maximum absolute atomic E-state index is 13.1. The van der Waals surface area contributed by atoms with Crippen LogP contribution in [0.4, 0.5) is 10.1 Å². The lowest BCUT2D eigenvalue weighted by Gasteiger charge is -2.33. The van der Waals surface area contributed by atoms with Gasteiger partial charge in [-0.15, -0.1) is 0 Å². The zero-order chi connectivity index (χ0) is 22.5. The molecule has 0 saturated carbocycles. The number of likely N-dealkylation sites (tertiary alicyclic amines) is 1. The average molecular weight is 438 g/mol. The molecule has 172 valence electrons. The molecule has 32 heavy (non-hydrogen) atoms. The minimum absolute atomic E-state index is 0.00840. The number of piperidine rings is 2. The Kier molecular flexibility index (Phi) is 7.46. The number of anilines is 1. The topological polar surface area (TPSA) is 35.6 Å². The van der Waals surface area contributed by atoms with E-state index in [0.717, 1.165) is 62.6 Å². The largest absolute Gasteiger partial charge is 0.371 e. The predicted octanol–water partition coefficient (Wildman–Crippen LogP) is 5.15. The lowest BCUT2D eigenvalue weighted by atomic mass is 9.94.